The first-order chi connectivity index (χ1) is 11.4. The van der Waals surface area contributed by atoms with Gasteiger partial charge in [-0.25, -0.2) is 21.6 Å². The molecule has 0 bridgehead atoms. The highest BCUT2D eigenvalue weighted by Crippen LogP contribution is 2.28. The molecule has 1 heterocycles. The average molecular weight is 368 g/mol. The number of hydrogen-bond acceptors (Lipinski definition) is 5. The molecule has 0 saturated heterocycles. The van der Waals surface area contributed by atoms with Gasteiger partial charge in [-0.15, -0.1) is 0 Å². The summed E-state index contributed by atoms with van der Waals surface area (Å²) in [5.41, 5.74) is 0.445. The molecule has 0 saturated carbocycles. The van der Waals surface area contributed by atoms with Crippen LogP contribution in [0.5, 0.6) is 0 Å². The second kappa shape index (κ2) is 7.87. The molecule has 1 aromatic carbocycles. The third kappa shape index (κ3) is 4.62. The fraction of sp³-hybridized carbons (Fsp3) is 0.312. The lowest BCUT2D eigenvalue weighted by molar-refractivity contribution is 0.568. The summed E-state index contributed by atoms with van der Waals surface area (Å²) in [6.45, 7) is 1.52. The largest absolute Gasteiger partial charge is 0.264 e. The van der Waals surface area contributed by atoms with Crippen molar-refractivity contribution >= 4 is 19.9 Å². The van der Waals surface area contributed by atoms with Gasteiger partial charge in [0.1, 0.15) is 5.25 Å². The maximum absolute atomic E-state index is 12.9. The smallest absolute Gasteiger partial charge is 0.211 e. The number of benzene rings is 1. The average Bonchev–Trinajstić information content (AvgIpc) is 2.56. The summed E-state index contributed by atoms with van der Waals surface area (Å²) in [5, 5.41) is -1.04. The van der Waals surface area contributed by atoms with Gasteiger partial charge in [0, 0.05) is 18.9 Å². The Labute approximate surface area is 142 Å². The van der Waals surface area contributed by atoms with Crippen LogP contribution in [0.25, 0.3) is 0 Å². The third-order valence-electron chi connectivity index (χ3n) is 3.46. The zero-order valence-electron chi connectivity index (χ0n) is 13.3. The van der Waals surface area contributed by atoms with Crippen LogP contribution in [0.15, 0.2) is 59.8 Å². The van der Waals surface area contributed by atoms with Crippen molar-refractivity contribution < 1.29 is 16.8 Å². The van der Waals surface area contributed by atoms with E-state index in [0.717, 1.165) is 0 Å². The number of sulfonamides is 1. The van der Waals surface area contributed by atoms with Crippen LogP contribution in [0.3, 0.4) is 0 Å². The summed E-state index contributed by atoms with van der Waals surface area (Å²) < 4.78 is 52.1. The predicted molar refractivity (Wildman–Crippen MR) is 92.7 cm³/mol. The fourth-order valence-corrected chi connectivity index (χ4v) is 5.16. The molecule has 0 fully saturated rings. The maximum Gasteiger partial charge on any atom is 0.211 e. The Morgan fingerprint density at radius 1 is 1.04 bits per heavy atom. The van der Waals surface area contributed by atoms with Crippen LogP contribution in [-0.4, -0.2) is 34.1 Å². The van der Waals surface area contributed by atoms with Crippen LogP contribution in [0, 0.1) is 0 Å². The van der Waals surface area contributed by atoms with Crippen LogP contribution < -0.4 is 4.72 Å². The minimum atomic E-state index is -3.76. The van der Waals surface area contributed by atoms with E-state index in [1.54, 1.807) is 37.3 Å². The number of hydrogen-bond donors (Lipinski definition) is 1. The highest BCUT2D eigenvalue weighted by atomic mass is 32.2. The molecule has 6 nitrogen and oxygen atoms in total. The predicted octanol–water partition coefficient (Wildman–Crippen LogP) is 1.93. The first kappa shape index (κ1) is 18.6. The SMILES string of the molecule is CCCS(=O)(=O)NC[C@H](c1cccnc1)S(=O)(=O)c1ccccc1. The summed E-state index contributed by atoms with van der Waals surface area (Å²) in [6.07, 6.45) is 3.44. The summed E-state index contributed by atoms with van der Waals surface area (Å²) in [6, 6.07) is 11.2. The van der Waals surface area contributed by atoms with Crippen molar-refractivity contribution in [3.8, 4) is 0 Å². The minimum Gasteiger partial charge on any atom is -0.264 e. The second-order valence-corrected chi connectivity index (χ2v) is 9.36. The van der Waals surface area contributed by atoms with E-state index in [-0.39, 0.29) is 17.2 Å². The zero-order chi connectivity index (χ0) is 17.6. The van der Waals surface area contributed by atoms with Crippen molar-refractivity contribution in [3.63, 3.8) is 0 Å². The molecule has 1 atom stereocenters. The fourth-order valence-electron chi connectivity index (χ4n) is 2.29. The standard InChI is InChI=1S/C16H20N2O4S2/c1-2-11-23(19,20)18-13-16(14-7-6-10-17-12-14)24(21,22)15-8-4-3-5-9-15/h3-10,12,16,18H,2,11,13H2,1H3/t16-/m1/s1. The minimum absolute atomic E-state index is 0.0435. The summed E-state index contributed by atoms with van der Waals surface area (Å²) in [4.78, 5) is 4.10. The van der Waals surface area contributed by atoms with Crippen LogP contribution >= 0.6 is 0 Å². The number of aromatic nitrogens is 1. The molecule has 0 aliphatic carbocycles. The molecule has 24 heavy (non-hydrogen) atoms. The lowest BCUT2D eigenvalue weighted by atomic mass is 10.2. The maximum atomic E-state index is 12.9. The highest BCUT2D eigenvalue weighted by Gasteiger charge is 2.30. The monoisotopic (exact) mass is 368 g/mol. The van der Waals surface area contributed by atoms with Crippen LogP contribution in [0.2, 0.25) is 0 Å². The molecular formula is C16H20N2O4S2. The van der Waals surface area contributed by atoms with E-state index in [4.69, 9.17) is 0 Å². The van der Waals surface area contributed by atoms with Crippen molar-refractivity contribution in [2.24, 2.45) is 0 Å². The molecular weight excluding hydrogens is 348 g/mol. The lowest BCUT2D eigenvalue weighted by Gasteiger charge is -2.18. The van der Waals surface area contributed by atoms with E-state index in [1.165, 1.54) is 24.5 Å². The quantitative estimate of drug-likeness (QED) is 0.768. The van der Waals surface area contributed by atoms with Gasteiger partial charge in [0.25, 0.3) is 0 Å². The van der Waals surface area contributed by atoms with E-state index < -0.39 is 25.1 Å². The first-order valence-electron chi connectivity index (χ1n) is 7.53. The van der Waals surface area contributed by atoms with Gasteiger partial charge in [-0.3, -0.25) is 4.98 Å². The Balaban J connectivity index is 2.38. The Kier molecular flexibility index (Phi) is 6.09. The number of nitrogens with zero attached hydrogens (tertiary/aromatic N) is 1. The van der Waals surface area contributed by atoms with Gasteiger partial charge in [0.2, 0.25) is 10.0 Å². The van der Waals surface area contributed by atoms with Gasteiger partial charge in [0.15, 0.2) is 9.84 Å². The van der Waals surface area contributed by atoms with Crippen molar-refractivity contribution in [2.45, 2.75) is 23.5 Å². The Morgan fingerprint density at radius 2 is 1.75 bits per heavy atom. The normalized spacial score (nSPS) is 13.5. The van der Waals surface area contributed by atoms with Crippen LogP contribution in [-0.2, 0) is 19.9 Å². The van der Waals surface area contributed by atoms with E-state index >= 15 is 0 Å². The summed E-state index contributed by atoms with van der Waals surface area (Å²) in [5.74, 6) is -0.0435. The van der Waals surface area contributed by atoms with E-state index in [0.29, 0.717) is 12.0 Å². The molecule has 0 aliphatic heterocycles. The molecule has 0 amide bonds. The summed E-state index contributed by atoms with van der Waals surface area (Å²) in [7, 11) is -7.27. The third-order valence-corrected chi connectivity index (χ3v) is 7.13. The van der Waals surface area contributed by atoms with Crippen molar-refractivity contribution in [2.75, 3.05) is 12.3 Å². The zero-order valence-corrected chi connectivity index (χ0v) is 14.9. The van der Waals surface area contributed by atoms with Gasteiger partial charge in [-0.2, -0.15) is 0 Å². The van der Waals surface area contributed by atoms with Gasteiger partial charge < -0.3 is 0 Å². The van der Waals surface area contributed by atoms with Crippen molar-refractivity contribution in [3.05, 3.63) is 60.4 Å². The Morgan fingerprint density at radius 3 is 2.33 bits per heavy atom. The van der Waals surface area contributed by atoms with E-state index in [2.05, 4.69) is 9.71 Å². The van der Waals surface area contributed by atoms with Crippen LogP contribution in [0.1, 0.15) is 24.2 Å². The van der Waals surface area contributed by atoms with Crippen molar-refractivity contribution in [1.29, 1.82) is 0 Å². The van der Waals surface area contributed by atoms with Gasteiger partial charge in [-0.05, 0) is 30.2 Å². The second-order valence-electron chi connectivity index (χ2n) is 5.30. The molecule has 1 N–H and O–H groups in total. The van der Waals surface area contributed by atoms with Crippen LogP contribution in [0.4, 0.5) is 0 Å². The molecule has 0 spiro atoms. The molecule has 1 aromatic heterocycles. The molecule has 8 heteroatoms. The molecule has 2 rings (SSSR count). The first-order valence-corrected chi connectivity index (χ1v) is 10.7. The summed E-state index contributed by atoms with van der Waals surface area (Å²) >= 11 is 0. The number of pyridine rings is 1. The van der Waals surface area contributed by atoms with Gasteiger partial charge in [-0.1, -0.05) is 31.2 Å². The Bertz CT molecular complexity index is 851. The van der Waals surface area contributed by atoms with E-state index in [1.807, 2.05) is 0 Å². The molecule has 0 unspecified atom stereocenters. The molecule has 2 aromatic rings. The highest BCUT2D eigenvalue weighted by molar-refractivity contribution is 7.92. The molecule has 0 radical (unpaired) electrons. The topological polar surface area (TPSA) is 93.2 Å². The number of sulfone groups is 1. The molecule has 0 aliphatic rings. The van der Waals surface area contributed by atoms with Gasteiger partial charge >= 0.3 is 0 Å². The number of rotatable bonds is 8. The number of nitrogens with one attached hydrogen (secondary N) is 1. The van der Waals surface area contributed by atoms with E-state index in [9.17, 15) is 16.8 Å². The lowest BCUT2D eigenvalue weighted by Crippen LogP contribution is -2.33. The van der Waals surface area contributed by atoms with Crippen molar-refractivity contribution in [1.82, 2.24) is 9.71 Å². The molecule has 130 valence electrons. The Hall–Kier alpha value is -1.77. The van der Waals surface area contributed by atoms with Gasteiger partial charge in [0.05, 0.1) is 10.6 Å².